The van der Waals surface area contributed by atoms with Crippen molar-refractivity contribution in [1.82, 2.24) is 0 Å². The van der Waals surface area contributed by atoms with Gasteiger partial charge in [0.1, 0.15) is 114 Å². The first-order valence-corrected chi connectivity index (χ1v) is 23.8. The second kappa shape index (κ2) is 22.9. The standard InChI is InChI=1S/C46H62O29/c1-12-26(52)33(59)29(55)21(67-12)4-3-15-7-18(49)28(54)44(69-15)70-16-8-17(48)25-22(9-16)71-40(14-5-19(50)41(20(51)6-14)74-45-38(64)35(61)30(56)23(10-47)72-45)42(32(25)58)75-46-39(65)36(62)31(57)24(73-46)11-66-43-37(63)34(60)27(53)13(2)68-43/h5-6,8-9,12-13,15,18,21,23-24,26-31,33-39,43-57,59-65H,3-4,7,10-11H2,1-2H3. The van der Waals surface area contributed by atoms with Crippen LogP contribution in [-0.4, -0.2) is 252 Å². The molecule has 29 nitrogen and oxygen atoms in total. The maximum Gasteiger partial charge on any atom is 0.239 e. The minimum Gasteiger partial charge on any atom is -0.507 e. The van der Waals surface area contributed by atoms with Crippen LogP contribution in [0.15, 0.2) is 33.5 Å². The summed E-state index contributed by atoms with van der Waals surface area (Å²) in [5.41, 5.74) is -2.28. The van der Waals surface area contributed by atoms with E-state index in [2.05, 4.69) is 0 Å². The molecular weight excluding hydrogens is 1020 g/mol. The number of phenols is 3. The van der Waals surface area contributed by atoms with Crippen LogP contribution in [0.3, 0.4) is 0 Å². The minimum absolute atomic E-state index is 0.0587. The molecule has 3 aromatic rings. The van der Waals surface area contributed by atoms with Gasteiger partial charge in [-0.1, -0.05) is 0 Å². The highest BCUT2D eigenvalue weighted by Crippen LogP contribution is 2.45. The van der Waals surface area contributed by atoms with Crippen molar-refractivity contribution in [3.8, 4) is 45.8 Å². The molecule has 420 valence electrons. The maximum absolute atomic E-state index is 14.6. The summed E-state index contributed by atoms with van der Waals surface area (Å²) in [7, 11) is 0. The average Bonchev–Trinajstić information content (AvgIpc) is 3.37. The summed E-state index contributed by atoms with van der Waals surface area (Å²) in [5.74, 6) is -5.76. The van der Waals surface area contributed by atoms with Crippen molar-refractivity contribution in [1.29, 1.82) is 0 Å². The molecule has 24 atom stereocenters. The lowest BCUT2D eigenvalue weighted by molar-refractivity contribution is -0.318. The number of benzene rings is 2. The third kappa shape index (κ3) is 11.3. The van der Waals surface area contributed by atoms with E-state index in [-0.39, 0.29) is 25.0 Å². The molecule has 2 aromatic carbocycles. The molecular formula is C46H62O29. The zero-order chi connectivity index (χ0) is 54.6. The summed E-state index contributed by atoms with van der Waals surface area (Å²) in [6.07, 6.45) is -38.7. The van der Waals surface area contributed by atoms with Gasteiger partial charge in [0.05, 0.1) is 43.7 Å². The molecule has 5 aliphatic heterocycles. The van der Waals surface area contributed by atoms with Crippen molar-refractivity contribution in [2.75, 3.05) is 13.2 Å². The highest BCUT2D eigenvalue weighted by Gasteiger charge is 2.50. The predicted octanol–water partition coefficient (Wildman–Crippen LogP) is -6.35. The molecule has 0 aliphatic carbocycles. The molecule has 5 fully saturated rings. The molecule has 5 saturated heterocycles. The molecule has 5 aliphatic rings. The van der Waals surface area contributed by atoms with Crippen LogP contribution in [-0.2, 0) is 28.4 Å². The lowest BCUT2D eigenvalue weighted by Gasteiger charge is -2.42. The van der Waals surface area contributed by atoms with Gasteiger partial charge in [0, 0.05) is 24.1 Å². The summed E-state index contributed by atoms with van der Waals surface area (Å²) in [5, 5.41) is 190. The minimum atomic E-state index is -2.20. The van der Waals surface area contributed by atoms with Crippen molar-refractivity contribution < 1.29 is 139 Å². The van der Waals surface area contributed by atoms with E-state index < -0.39 is 217 Å². The number of fused-ring (bicyclic) bond motifs is 1. The van der Waals surface area contributed by atoms with Crippen molar-refractivity contribution >= 4 is 11.0 Å². The van der Waals surface area contributed by atoms with Crippen LogP contribution in [0.4, 0.5) is 0 Å². The van der Waals surface area contributed by atoms with Gasteiger partial charge in [-0.3, -0.25) is 4.79 Å². The Balaban J connectivity index is 1.11. The van der Waals surface area contributed by atoms with Crippen molar-refractivity contribution in [2.24, 2.45) is 0 Å². The fraction of sp³-hybridized carbons (Fsp3) is 0.674. The summed E-state index contributed by atoms with van der Waals surface area (Å²) < 4.78 is 56.9. The molecule has 0 saturated carbocycles. The number of aliphatic hydroxyl groups is 15. The lowest BCUT2D eigenvalue weighted by Crippen LogP contribution is -2.61. The highest BCUT2D eigenvalue weighted by molar-refractivity contribution is 5.88. The first kappa shape index (κ1) is 56.8. The van der Waals surface area contributed by atoms with Gasteiger partial charge in [-0.15, -0.1) is 0 Å². The SMILES string of the molecule is CC1OC(CCC2CC(O)C(O)C(Oc3cc(O)c4c(=O)c(OC5OC(COC6OC(C)C(O)C(O)C6O)C(O)C(O)C5O)c(-c5cc(O)c(OC6OC(CO)C(O)C(O)C6O)c(O)c5)oc4c3)O2)C(O)C(O)C1O. The smallest absolute Gasteiger partial charge is 0.239 e. The first-order chi connectivity index (χ1) is 35.4. The van der Waals surface area contributed by atoms with Gasteiger partial charge in [0.2, 0.25) is 35.8 Å². The van der Waals surface area contributed by atoms with Crippen LogP contribution >= 0.6 is 0 Å². The molecule has 0 bridgehead atoms. The fourth-order valence-corrected chi connectivity index (χ4v) is 9.42. The monoisotopic (exact) mass is 1080 g/mol. The normalized spacial score (nSPS) is 41.6. The number of aliphatic hydroxyl groups excluding tert-OH is 15. The molecule has 75 heavy (non-hydrogen) atoms. The number of ether oxygens (including phenoxy) is 9. The number of hydrogen-bond acceptors (Lipinski definition) is 29. The van der Waals surface area contributed by atoms with E-state index in [1.165, 1.54) is 13.8 Å². The van der Waals surface area contributed by atoms with Gasteiger partial charge in [0.25, 0.3) is 0 Å². The molecule has 29 heteroatoms. The van der Waals surface area contributed by atoms with E-state index in [0.717, 1.165) is 24.3 Å². The summed E-state index contributed by atoms with van der Waals surface area (Å²) in [4.78, 5) is 14.6. The van der Waals surface area contributed by atoms with Gasteiger partial charge in [0.15, 0.2) is 23.5 Å². The van der Waals surface area contributed by atoms with Crippen LogP contribution in [0, 0.1) is 0 Å². The molecule has 0 radical (unpaired) electrons. The summed E-state index contributed by atoms with van der Waals surface area (Å²) in [6.45, 7) is 1.26. The molecule has 8 rings (SSSR count). The zero-order valence-corrected chi connectivity index (χ0v) is 39.7. The molecule has 24 unspecified atom stereocenters. The first-order valence-electron chi connectivity index (χ1n) is 23.8. The van der Waals surface area contributed by atoms with Crippen LogP contribution in [0.25, 0.3) is 22.3 Å². The van der Waals surface area contributed by atoms with Crippen molar-refractivity contribution in [3.05, 3.63) is 34.5 Å². The van der Waals surface area contributed by atoms with Crippen molar-refractivity contribution in [3.63, 3.8) is 0 Å². The Hall–Kier alpha value is -4.39. The van der Waals surface area contributed by atoms with E-state index in [1.807, 2.05) is 0 Å². The Morgan fingerprint density at radius 2 is 1.03 bits per heavy atom. The van der Waals surface area contributed by atoms with Gasteiger partial charge < -0.3 is 139 Å². The lowest BCUT2D eigenvalue weighted by atomic mass is 9.91. The maximum atomic E-state index is 14.6. The second-order valence-corrected chi connectivity index (χ2v) is 19.2. The van der Waals surface area contributed by atoms with Gasteiger partial charge >= 0.3 is 0 Å². The second-order valence-electron chi connectivity index (χ2n) is 19.2. The zero-order valence-electron chi connectivity index (χ0n) is 39.7. The molecule has 1 aromatic heterocycles. The number of rotatable bonds is 14. The Labute approximate surface area is 423 Å². The topological polar surface area (TPSA) is 477 Å². The van der Waals surface area contributed by atoms with Crippen LogP contribution < -0.4 is 19.6 Å². The van der Waals surface area contributed by atoms with E-state index >= 15 is 0 Å². The Morgan fingerprint density at radius 1 is 0.507 bits per heavy atom. The van der Waals surface area contributed by atoms with E-state index in [9.17, 15) is 96.7 Å². The third-order valence-corrected chi connectivity index (χ3v) is 13.9. The molecule has 0 spiro atoms. The largest absolute Gasteiger partial charge is 0.507 e. The number of phenolic OH excluding ortho intramolecular Hbond substituents is 3. The number of hydrogen-bond donors (Lipinski definition) is 18. The van der Waals surface area contributed by atoms with Crippen LogP contribution in [0.1, 0.15) is 33.1 Å². The van der Waals surface area contributed by atoms with Crippen LogP contribution in [0.5, 0.6) is 34.5 Å². The van der Waals surface area contributed by atoms with Crippen LogP contribution in [0.2, 0.25) is 0 Å². The van der Waals surface area contributed by atoms with Gasteiger partial charge in [-0.05, 0) is 38.8 Å². The quantitative estimate of drug-likeness (QED) is 0.0714. The Kier molecular flexibility index (Phi) is 17.3. The molecule has 6 heterocycles. The van der Waals surface area contributed by atoms with E-state index in [4.69, 9.17) is 47.0 Å². The fourth-order valence-electron chi connectivity index (χ4n) is 9.42. The van der Waals surface area contributed by atoms with Crippen molar-refractivity contribution in [2.45, 2.75) is 180 Å². The van der Waals surface area contributed by atoms with Gasteiger partial charge in [-0.2, -0.15) is 0 Å². The van der Waals surface area contributed by atoms with Gasteiger partial charge in [-0.25, -0.2) is 0 Å². The summed E-state index contributed by atoms with van der Waals surface area (Å²) >= 11 is 0. The molecule has 0 amide bonds. The molecule has 18 N–H and O–H groups in total. The predicted molar refractivity (Wildman–Crippen MR) is 240 cm³/mol. The summed E-state index contributed by atoms with van der Waals surface area (Å²) in [6, 6.07) is 3.51. The average molecular weight is 1080 g/mol. The third-order valence-electron chi connectivity index (χ3n) is 13.9. The Morgan fingerprint density at radius 3 is 1.65 bits per heavy atom. The Bertz CT molecular complexity index is 2470. The van der Waals surface area contributed by atoms with E-state index in [1.54, 1.807) is 0 Å². The highest BCUT2D eigenvalue weighted by atomic mass is 16.7. The van der Waals surface area contributed by atoms with E-state index in [0.29, 0.717) is 0 Å². The number of aromatic hydroxyl groups is 3.